The summed E-state index contributed by atoms with van der Waals surface area (Å²) in [5, 5.41) is 29.8. The molecule has 164 valence electrons. The second-order valence-corrected chi connectivity index (χ2v) is 8.74. The Morgan fingerprint density at radius 1 is 1.13 bits per heavy atom. The van der Waals surface area contributed by atoms with Gasteiger partial charge in [0, 0.05) is 12.8 Å². The standard InChI is InChI=1S/C26H31NO4/c1-2-17-6-8-18(9-7-17)10-19-11-20(25-14-21(29)13-23(16-28)31-25)12-26(24(19)15-27)30-22-4-3-5-22/h6-9,11-12,21-23,25,28-29H,2-5,10,13-14,16H2,1H3. The minimum atomic E-state index is -0.521. The highest BCUT2D eigenvalue weighted by atomic mass is 16.5. The lowest BCUT2D eigenvalue weighted by molar-refractivity contribution is -0.113. The monoisotopic (exact) mass is 421 g/mol. The van der Waals surface area contributed by atoms with E-state index in [0.29, 0.717) is 30.6 Å². The second-order valence-electron chi connectivity index (χ2n) is 8.74. The van der Waals surface area contributed by atoms with Gasteiger partial charge in [-0.05, 0) is 60.4 Å². The molecule has 2 aliphatic rings. The van der Waals surface area contributed by atoms with Gasteiger partial charge in [0.2, 0.25) is 0 Å². The highest BCUT2D eigenvalue weighted by Crippen LogP contribution is 2.37. The van der Waals surface area contributed by atoms with E-state index in [0.717, 1.165) is 42.4 Å². The summed E-state index contributed by atoms with van der Waals surface area (Å²) in [5.74, 6) is 0.606. The molecule has 4 rings (SSSR count). The van der Waals surface area contributed by atoms with E-state index in [1.165, 1.54) is 5.56 Å². The highest BCUT2D eigenvalue weighted by Gasteiger charge is 2.31. The molecule has 2 aromatic carbocycles. The number of rotatable bonds is 7. The Balaban J connectivity index is 1.69. The molecule has 1 saturated carbocycles. The molecule has 3 atom stereocenters. The summed E-state index contributed by atoms with van der Waals surface area (Å²) in [6.07, 6.45) is 4.60. The number of hydrogen-bond donors (Lipinski definition) is 2. The van der Waals surface area contributed by atoms with Crippen LogP contribution in [0.25, 0.3) is 0 Å². The topological polar surface area (TPSA) is 82.7 Å². The zero-order chi connectivity index (χ0) is 21.8. The van der Waals surface area contributed by atoms with E-state index in [9.17, 15) is 15.5 Å². The van der Waals surface area contributed by atoms with E-state index >= 15 is 0 Å². The molecule has 5 nitrogen and oxygen atoms in total. The van der Waals surface area contributed by atoms with Crippen molar-refractivity contribution in [1.82, 2.24) is 0 Å². The first kappa shape index (κ1) is 21.8. The summed E-state index contributed by atoms with van der Waals surface area (Å²) in [5.41, 5.74) is 4.80. The summed E-state index contributed by atoms with van der Waals surface area (Å²) >= 11 is 0. The fourth-order valence-electron chi connectivity index (χ4n) is 4.35. The lowest BCUT2D eigenvalue weighted by Gasteiger charge is -2.33. The summed E-state index contributed by atoms with van der Waals surface area (Å²) in [6, 6.07) is 14.8. The van der Waals surface area contributed by atoms with Crippen molar-refractivity contribution in [1.29, 1.82) is 5.26 Å². The fraction of sp³-hybridized carbons (Fsp3) is 0.500. The van der Waals surface area contributed by atoms with Crippen LogP contribution >= 0.6 is 0 Å². The van der Waals surface area contributed by atoms with E-state index in [1.807, 2.05) is 12.1 Å². The van der Waals surface area contributed by atoms with Crippen LogP contribution < -0.4 is 4.74 Å². The van der Waals surface area contributed by atoms with E-state index in [-0.39, 0.29) is 24.9 Å². The molecule has 1 saturated heterocycles. The molecule has 0 spiro atoms. The summed E-state index contributed by atoms with van der Waals surface area (Å²) in [4.78, 5) is 0. The lowest BCUT2D eigenvalue weighted by atomic mass is 9.90. The van der Waals surface area contributed by atoms with Crippen molar-refractivity contribution in [3.63, 3.8) is 0 Å². The maximum absolute atomic E-state index is 10.3. The van der Waals surface area contributed by atoms with E-state index in [4.69, 9.17) is 9.47 Å². The number of aryl methyl sites for hydroxylation is 1. The Morgan fingerprint density at radius 2 is 1.87 bits per heavy atom. The molecule has 1 aliphatic carbocycles. The molecule has 1 aliphatic heterocycles. The normalized spacial score (nSPS) is 23.7. The van der Waals surface area contributed by atoms with Crippen LogP contribution in [0.3, 0.4) is 0 Å². The van der Waals surface area contributed by atoms with Crippen molar-refractivity contribution >= 4 is 0 Å². The van der Waals surface area contributed by atoms with Crippen molar-refractivity contribution < 1.29 is 19.7 Å². The van der Waals surface area contributed by atoms with Crippen LogP contribution in [-0.4, -0.2) is 35.1 Å². The van der Waals surface area contributed by atoms with Gasteiger partial charge in [-0.15, -0.1) is 0 Å². The van der Waals surface area contributed by atoms with Crippen LogP contribution in [0.4, 0.5) is 0 Å². The first-order chi connectivity index (χ1) is 15.1. The van der Waals surface area contributed by atoms with Gasteiger partial charge in [0.1, 0.15) is 11.8 Å². The first-order valence-corrected chi connectivity index (χ1v) is 11.3. The molecule has 2 fully saturated rings. The van der Waals surface area contributed by atoms with Crippen LogP contribution in [0, 0.1) is 11.3 Å². The number of nitriles is 1. The lowest BCUT2D eigenvalue weighted by Crippen LogP contribution is -2.33. The van der Waals surface area contributed by atoms with Gasteiger partial charge >= 0.3 is 0 Å². The summed E-state index contributed by atoms with van der Waals surface area (Å²) in [6.45, 7) is 2.01. The molecule has 0 amide bonds. The minimum Gasteiger partial charge on any atom is -0.489 e. The average Bonchev–Trinajstić information content (AvgIpc) is 2.76. The largest absolute Gasteiger partial charge is 0.489 e. The number of aliphatic hydroxyl groups excluding tert-OH is 2. The Labute approximate surface area is 184 Å². The van der Waals surface area contributed by atoms with Gasteiger partial charge in [-0.2, -0.15) is 5.26 Å². The van der Waals surface area contributed by atoms with Crippen LogP contribution in [-0.2, 0) is 17.6 Å². The van der Waals surface area contributed by atoms with Crippen molar-refractivity contribution in [2.75, 3.05) is 6.61 Å². The zero-order valence-electron chi connectivity index (χ0n) is 18.1. The van der Waals surface area contributed by atoms with Gasteiger partial charge < -0.3 is 19.7 Å². The number of benzene rings is 2. The van der Waals surface area contributed by atoms with Crippen molar-refractivity contribution in [2.24, 2.45) is 0 Å². The Kier molecular flexibility index (Phi) is 6.92. The maximum Gasteiger partial charge on any atom is 0.138 e. The predicted molar refractivity (Wildman–Crippen MR) is 118 cm³/mol. The Morgan fingerprint density at radius 3 is 2.48 bits per heavy atom. The number of ether oxygens (including phenoxy) is 2. The van der Waals surface area contributed by atoms with Gasteiger partial charge in [-0.3, -0.25) is 0 Å². The van der Waals surface area contributed by atoms with E-state index in [1.54, 1.807) is 0 Å². The van der Waals surface area contributed by atoms with Gasteiger partial charge in [-0.1, -0.05) is 37.3 Å². The Hall–Kier alpha value is -2.39. The second kappa shape index (κ2) is 9.82. The van der Waals surface area contributed by atoms with Gasteiger partial charge in [0.25, 0.3) is 0 Å². The summed E-state index contributed by atoms with van der Waals surface area (Å²) in [7, 11) is 0. The number of nitrogens with zero attached hydrogens (tertiary/aromatic N) is 1. The van der Waals surface area contributed by atoms with Gasteiger partial charge in [0.05, 0.1) is 36.6 Å². The number of aliphatic hydroxyl groups is 2. The third-order valence-electron chi connectivity index (χ3n) is 6.44. The Bertz CT molecular complexity index is 930. The highest BCUT2D eigenvalue weighted by molar-refractivity contribution is 5.53. The molecule has 5 heteroatoms. The molecule has 0 bridgehead atoms. The van der Waals surface area contributed by atoms with Crippen LogP contribution in [0.2, 0.25) is 0 Å². The van der Waals surface area contributed by atoms with Crippen molar-refractivity contribution in [3.8, 4) is 11.8 Å². The van der Waals surface area contributed by atoms with Crippen molar-refractivity contribution in [2.45, 2.75) is 76.3 Å². The SMILES string of the molecule is CCc1ccc(Cc2cc(C3CC(O)CC(CO)O3)cc(OC3CCC3)c2C#N)cc1. The fourth-order valence-corrected chi connectivity index (χ4v) is 4.35. The molecule has 2 aromatic rings. The van der Waals surface area contributed by atoms with Gasteiger partial charge in [-0.25, -0.2) is 0 Å². The van der Waals surface area contributed by atoms with Crippen LogP contribution in [0.15, 0.2) is 36.4 Å². The quantitative estimate of drug-likeness (QED) is 0.700. The molecule has 0 aromatic heterocycles. The molecule has 31 heavy (non-hydrogen) atoms. The zero-order valence-corrected chi connectivity index (χ0v) is 18.1. The first-order valence-electron chi connectivity index (χ1n) is 11.3. The van der Waals surface area contributed by atoms with Crippen LogP contribution in [0.5, 0.6) is 5.75 Å². The van der Waals surface area contributed by atoms with E-state index < -0.39 is 6.10 Å². The predicted octanol–water partition coefficient (Wildman–Crippen LogP) is 4.22. The smallest absolute Gasteiger partial charge is 0.138 e. The third kappa shape index (κ3) is 5.10. The molecular weight excluding hydrogens is 390 g/mol. The van der Waals surface area contributed by atoms with Gasteiger partial charge in [0.15, 0.2) is 0 Å². The third-order valence-corrected chi connectivity index (χ3v) is 6.44. The minimum absolute atomic E-state index is 0.119. The summed E-state index contributed by atoms with van der Waals surface area (Å²) < 4.78 is 12.3. The van der Waals surface area contributed by atoms with E-state index in [2.05, 4.69) is 37.3 Å². The van der Waals surface area contributed by atoms with Crippen molar-refractivity contribution in [3.05, 3.63) is 64.2 Å². The maximum atomic E-state index is 10.3. The molecular formula is C26H31NO4. The molecule has 0 radical (unpaired) electrons. The average molecular weight is 422 g/mol. The number of hydrogen-bond acceptors (Lipinski definition) is 5. The molecule has 1 heterocycles. The molecule has 2 N–H and O–H groups in total. The molecule has 3 unspecified atom stereocenters. The van der Waals surface area contributed by atoms with Crippen LogP contribution in [0.1, 0.15) is 72.9 Å².